The van der Waals surface area contributed by atoms with Crippen molar-refractivity contribution in [1.82, 2.24) is 20.3 Å². The van der Waals surface area contributed by atoms with E-state index < -0.39 is 29.1 Å². The molecule has 8 nitrogen and oxygen atoms in total. The van der Waals surface area contributed by atoms with Crippen LogP contribution in [0.2, 0.25) is 0 Å². The first kappa shape index (κ1) is 23.5. The minimum absolute atomic E-state index is 0.0393. The number of hydrogen-bond donors (Lipinski definition) is 3. The number of halogens is 3. The number of amides is 1. The smallest absolute Gasteiger partial charge is 0.248 e. The third-order valence-corrected chi connectivity index (χ3v) is 5.91. The van der Waals surface area contributed by atoms with Crippen LogP contribution in [0.5, 0.6) is 0 Å². The number of carbonyl (C=O) groups excluding carboxylic acids is 1. The molecule has 11 heteroatoms. The van der Waals surface area contributed by atoms with Crippen molar-refractivity contribution in [3.8, 4) is 11.3 Å². The lowest BCUT2D eigenvalue weighted by atomic mass is 10.1. The fourth-order valence-electron chi connectivity index (χ4n) is 4.28. The number of pyridine rings is 1. The van der Waals surface area contributed by atoms with Crippen molar-refractivity contribution < 1.29 is 18.0 Å². The molecule has 1 aliphatic rings. The number of nitrogens with two attached hydrogens (primary N) is 1. The van der Waals surface area contributed by atoms with E-state index in [4.69, 9.17) is 5.73 Å². The van der Waals surface area contributed by atoms with Crippen LogP contribution >= 0.6 is 0 Å². The number of piperazine rings is 1. The molecule has 1 saturated heterocycles. The maximum absolute atomic E-state index is 14.5. The molecule has 36 heavy (non-hydrogen) atoms. The Morgan fingerprint density at radius 2 is 1.86 bits per heavy atom. The molecule has 1 atom stereocenters. The second-order valence-corrected chi connectivity index (χ2v) is 8.49. The number of hydrogen-bond acceptors (Lipinski definition) is 7. The summed E-state index contributed by atoms with van der Waals surface area (Å²) in [6.45, 7) is 3.20. The summed E-state index contributed by atoms with van der Waals surface area (Å²) in [5.41, 5.74) is 7.60. The average molecular weight is 493 g/mol. The van der Waals surface area contributed by atoms with Crippen molar-refractivity contribution in [1.29, 1.82) is 0 Å². The largest absolute Gasteiger partial charge is 0.368 e. The van der Waals surface area contributed by atoms with Gasteiger partial charge in [0.15, 0.2) is 5.82 Å². The van der Waals surface area contributed by atoms with Gasteiger partial charge in [0, 0.05) is 37.5 Å². The lowest BCUT2D eigenvalue weighted by Gasteiger charge is -2.36. The fourth-order valence-corrected chi connectivity index (χ4v) is 4.28. The molecule has 0 saturated carbocycles. The quantitative estimate of drug-likeness (QED) is 0.400. The first-order valence-electron chi connectivity index (χ1n) is 11.2. The van der Waals surface area contributed by atoms with Crippen molar-refractivity contribution in [3.05, 3.63) is 71.5 Å². The normalized spacial score (nSPS) is 15.8. The summed E-state index contributed by atoms with van der Waals surface area (Å²) < 4.78 is 42.4. The zero-order valence-corrected chi connectivity index (χ0v) is 19.2. The minimum Gasteiger partial charge on any atom is -0.368 e. The molecule has 0 spiro atoms. The Bertz CT molecular complexity index is 1460. The maximum Gasteiger partial charge on any atom is 0.248 e. The third-order valence-electron chi connectivity index (χ3n) is 5.91. The number of rotatable bonds is 4. The molecule has 0 bridgehead atoms. The average Bonchev–Trinajstić information content (AvgIpc) is 2.83. The van der Waals surface area contributed by atoms with Crippen LogP contribution in [0.3, 0.4) is 0 Å². The Morgan fingerprint density at radius 1 is 1.08 bits per heavy atom. The van der Waals surface area contributed by atoms with Crippen LogP contribution in [0.4, 0.5) is 30.6 Å². The van der Waals surface area contributed by atoms with Crippen LogP contribution in [0.15, 0.2) is 48.5 Å². The van der Waals surface area contributed by atoms with Crippen LogP contribution in [0.1, 0.15) is 5.56 Å². The number of nitrogens with one attached hydrogen (secondary N) is 2. The van der Waals surface area contributed by atoms with Crippen LogP contribution in [0, 0.1) is 24.4 Å². The van der Waals surface area contributed by atoms with Gasteiger partial charge < -0.3 is 21.3 Å². The molecule has 1 fully saturated rings. The molecule has 0 radical (unpaired) electrons. The second-order valence-electron chi connectivity index (χ2n) is 8.49. The molecule has 2 aromatic heterocycles. The fraction of sp³-hybridized carbons (Fsp3) is 0.200. The minimum atomic E-state index is -1.09. The van der Waals surface area contributed by atoms with Crippen LogP contribution in [0.25, 0.3) is 22.3 Å². The number of nitrogen functional groups attached to an aromatic ring is 1. The summed E-state index contributed by atoms with van der Waals surface area (Å²) in [6.07, 6.45) is 0. The SMILES string of the molecule is Cc1cccc(NC(=O)C2CNCCN2c2nc(N)nc3ccc(-c4c(F)cc(F)cc4F)nc23)c1. The van der Waals surface area contributed by atoms with Gasteiger partial charge in [0.05, 0.1) is 16.8 Å². The summed E-state index contributed by atoms with van der Waals surface area (Å²) in [5.74, 6) is -3.26. The molecule has 5 rings (SSSR count). The summed E-state index contributed by atoms with van der Waals surface area (Å²) in [4.78, 5) is 28.0. The van der Waals surface area contributed by atoms with E-state index in [-0.39, 0.29) is 28.9 Å². The van der Waals surface area contributed by atoms with Gasteiger partial charge in [-0.25, -0.2) is 23.1 Å². The topological polar surface area (TPSA) is 109 Å². The van der Waals surface area contributed by atoms with E-state index in [1.165, 1.54) is 12.1 Å². The highest BCUT2D eigenvalue weighted by molar-refractivity contribution is 5.99. The predicted octanol–water partition coefficient (Wildman–Crippen LogP) is 3.42. The van der Waals surface area contributed by atoms with Crippen molar-refractivity contribution in [2.75, 3.05) is 35.6 Å². The standard InChI is InChI=1S/C25H22F3N7O/c1-13-3-2-4-15(9-13)31-24(36)20-12-30-7-8-35(20)23-22-19(33-25(29)34-23)6-5-18(32-22)21-16(27)10-14(26)11-17(21)28/h2-6,9-11,20,30H,7-8,12H2,1H3,(H,31,36)(H2,29,33,34). The molecule has 1 aliphatic heterocycles. The first-order valence-corrected chi connectivity index (χ1v) is 11.2. The molecule has 4 N–H and O–H groups in total. The third kappa shape index (κ3) is 4.52. The van der Waals surface area contributed by atoms with Crippen molar-refractivity contribution in [3.63, 3.8) is 0 Å². The van der Waals surface area contributed by atoms with Crippen LogP contribution in [-0.2, 0) is 4.79 Å². The zero-order chi connectivity index (χ0) is 25.4. The molecule has 0 aliphatic carbocycles. The molecule has 184 valence electrons. The summed E-state index contributed by atoms with van der Waals surface area (Å²) in [5, 5.41) is 6.12. The molecule has 2 aromatic carbocycles. The van der Waals surface area contributed by atoms with Gasteiger partial charge in [-0.3, -0.25) is 4.79 Å². The number of carbonyl (C=O) groups is 1. The van der Waals surface area contributed by atoms with E-state index in [9.17, 15) is 18.0 Å². The second kappa shape index (κ2) is 9.42. The van der Waals surface area contributed by atoms with Gasteiger partial charge in [0.2, 0.25) is 11.9 Å². The van der Waals surface area contributed by atoms with Gasteiger partial charge in [-0.15, -0.1) is 0 Å². The van der Waals surface area contributed by atoms with Gasteiger partial charge in [0.25, 0.3) is 0 Å². The number of aryl methyl sites for hydroxylation is 1. The highest BCUT2D eigenvalue weighted by atomic mass is 19.1. The summed E-state index contributed by atoms with van der Waals surface area (Å²) in [7, 11) is 0. The lowest BCUT2D eigenvalue weighted by molar-refractivity contribution is -0.117. The van der Waals surface area contributed by atoms with Gasteiger partial charge >= 0.3 is 0 Å². The lowest BCUT2D eigenvalue weighted by Crippen LogP contribution is -2.57. The van der Waals surface area contributed by atoms with Crippen molar-refractivity contribution >= 4 is 34.4 Å². The van der Waals surface area contributed by atoms with Crippen molar-refractivity contribution in [2.24, 2.45) is 0 Å². The predicted molar refractivity (Wildman–Crippen MR) is 131 cm³/mol. The van der Waals surface area contributed by atoms with E-state index in [1.807, 2.05) is 25.1 Å². The monoisotopic (exact) mass is 493 g/mol. The zero-order valence-electron chi connectivity index (χ0n) is 19.2. The first-order chi connectivity index (χ1) is 17.3. The van der Waals surface area contributed by atoms with E-state index in [2.05, 4.69) is 25.6 Å². The van der Waals surface area contributed by atoms with E-state index in [0.29, 0.717) is 43.0 Å². The Kier molecular flexibility index (Phi) is 6.15. The van der Waals surface area contributed by atoms with Gasteiger partial charge in [-0.05, 0) is 36.8 Å². The van der Waals surface area contributed by atoms with Gasteiger partial charge in [0.1, 0.15) is 29.0 Å². The van der Waals surface area contributed by atoms with E-state index in [1.54, 1.807) is 11.0 Å². The summed E-state index contributed by atoms with van der Waals surface area (Å²) in [6, 6.07) is 10.8. The molecule has 1 unspecified atom stereocenters. The number of aromatic nitrogens is 3. The van der Waals surface area contributed by atoms with Crippen LogP contribution in [-0.4, -0.2) is 46.5 Å². The van der Waals surface area contributed by atoms with E-state index >= 15 is 0 Å². The number of anilines is 3. The molecule has 1 amide bonds. The Balaban J connectivity index is 1.58. The highest BCUT2D eigenvalue weighted by Gasteiger charge is 2.32. The molecular formula is C25H22F3N7O. The van der Waals surface area contributed by atoms with Gasteiger partial charge in [-0.1, -0.05) is 12.1 Å². The molecule has 3 heterocycles. The maximum atomic E-state index is 14.5. The Morgan fingerprint density at radius 3 is 2.61 bits per heavy atom. The number of fused-ring (bicyclic) bond motifs is 1. The van der Waals surface area contributed by atoms with Crippen molar-refractivity contribution in [2.45, 2.75) is 13.0 Å². The Hall–Kier alpha value is -4.25. The molecular weight excluding hydrogens is 471 g/mol. The highest BCUT2D eigenvalue weighted by Crippen LogP contribution is 2.31. The molecule has 4 aromatic rings. The number of benzene rings is 2. The summed E-state index contributed by atoms with van der Waals surface area (Å²) >= 11 is 0. The Labute approximate surface area is 204 Å². The van der Waals surface area contributed by atoms with Crippen LogP contribution < -0.4 is 21.3 Å². The number of nitrogens with zero attached hydrogens (tertiary/aromatic N) is 4. The van der Waals surface area contributed by atoms with Gasteiger partial charge in [-0.2, -0.15) is 4.98 Å². The van der Waals surface area contributed by atoms with E-state index in [0.717, 1.165) is 5.56 Å².